The predicted octanol–water partition coefficient (Wildman–Crippen LogP) is -0.302. The first-order valence-corrected chi connectivity index (χ1v) is 6.49. The molecule has 0 saturated carbocycles. The molecule has 0 aliphatic carbocycles. The fourth-order valence-electron chi connectivity index (χ4n) is 1.31. The van der Waals surface area contributed by atoms with E-state index in [1.165, 1.54) is 11.3 Å². The monoisotopic (exact) mass is 280 g/mol. The maximum atomic E-state index is 11.6. The van der Waals surface area contributed by atoms with E-state index in [1.54, 1.807) is 11.4 Å². The summed E-state index contributed by atoms with van der Waals surface area (Å²) in [7, 11) is 0. The van der Waals surface area contributed by atoms with Crippen LogP contribution < -0.4 is 10.6 Å². The Hall–Kier alpha value is -2.29. The van der Waals surface area contributed by atoms with Gasteiger partial charge in [0.1, 0.15) is 0 Å². The maximum absolute atomic E-state index is 11.6. The van der Waals surface area contributed by atoms with E-state index in [1.807, 2.05) is 5.38 Å². The van der Waals surface area contributed by atoms with Crippen LogP contribution in [0.3, 0.4) is 0 Å². The molecule has 2 rings (SSSR count). The summed E-state index contributed by atoms with van der Waals surface area (Å²) >= 11 is 1.45. The van der Waals surface area contributed by atoms with Crippen LogP contribution in [0.25, 0.3) is 0 Å². The summed E-state index contributed by atoms with van der Waals surface area (Å²) in [6.45, 7) is 0.501. The van der Waals surface area contributed by atoms with Gasteiger partial charge in [0.2, 0.25) is 5.91 Å². The average Bonchev–Trinajstić information content (AvgIpc) is 3.09. The SMILES string of the molecule is O=C(CCNC(=O)c1ccsc1)NCc1nn[nH]n1. The van der Waals surface area contributed by atoms with Crippen molar-refractivity contribution in [2.75, 3.05) is 6.54 Å². The van der Waals surface area contributed by atoms with Crippen molar-refractivity contribution >= 4 is 23.2 Å². The molecule has 0 aliphatic heterocycles. The quantitative estimate of drug-likeness (QED) is 0.672. The minimum Gasteiger partial charge on any atom is -0.351 e. The van der Waals surface area contributed by atoms with Gasteiger partial charge in [-0.15, -0.1) is 10.2 Å². The maximum Gasteiger partial charge on any atom is 0.252 e. The van der Waals surface area contributed by atoms with Gasteiger partial charge in [-0.05, 0) is 11.4 Å². The molecule has 2 aromatic heterocycles. The molecule has 2 amide bonds. The number of nitrogens with zero attached hydrogens (tertiary/aromatic N) is 3. The first kappa shape index (κ1) is 13.1. The number of aromatic nitrogens is 4. The van der Waals surface area contributed by atoms with Crippen molar-refractivity contribution in [1.82, 2.24) is 31.3 Å². The highest BCUT2D eigenvalue weighted by atomic mass is 32.1. The standard InChI is InChI=1S/C10H12N6O2S/c17-9(12-5-8-13-15-16-14-8)1-3-11-10(18)7-2-4-19-6-7/h2,4,6H,1,3,5H2,(H,11,18)(H,12,17)(H,13,14,15,16). The van der Waals surface area contributed by atoms with Gasteiger partial charge < -0.3 is 10.6 Å². The van der Waals surface area contributed by atoms with Gasteiger partial charge in [-0.2, -0.15) is 16.6 Å². The lowest BCUT2D eigenvalue weighted by Crippen LogP contribution is -2.30. The number of carbonyl (C=O) groups is 2. The zero-order valence-electron chi connectivity index (χ0n) is 9.92. The number of aromatic amines is 1. The molecule has 2 aromatic rings. The molecule has 0 unspecified atom stereocenters. The molecule has 2 heterocycles. The molecule has 0 radical (unpaired) electrons. The minimum absolute atomic E-state index is 0.174. The fraction of sp³-hybridized carbons (Fsp3) is 0.300. The first-order valence-electron chi connectivity index (χ1n) is 5.55. The zero-order chi connectivity index (χ0) is 13.5. The fourth-order valence-corrected chi connectivity index (χ4v) is 1.94. The van der Waals surface area contributed by atoms with Gasteiger partial charge in [0.15, 0.2) is 5.82 Å². The third-order valence-corrected chi connectivity index (χ3v) is 2.94. The molecule has 8 nitrogen and oxygen atoms in total. The van der Waals surface area contributed by atoms with E-state index >= 15 is 0 Å². The van der Waals surface area contributed by atoms with Crippen LogP contribution >= 0.6 is 11.3 Å². The van der Waals surface area contributed by atoms with Crippen molar-refractivity contribution in [3.8, 4) is 0 Å². The molecule has 3 N–H and O–H groups in total. The molecule has 9 heteroatoms. The molecule has 19 heavy (non-hydrogen) atoms. The lowest BCUT2D eigenvalue weighted by molar-refractivity contribution is -0.121. The number of hydrogen-bond acceptors (Lipinski definition) is 6. The number of thiophene rings is 1. The third kappa shape index (κ3) is 4.14. The Morgan fingerprint density at radius 3 is 2.95 bits per heavy atom. The van der Waals surface area contributed by atoms with Crippen LogP contribution in [-0.2, 0) is 11.3 Å². The van der Waals surface area contributed by atoms with Gasteiger partial charge in [0, 0.05) is 23.9 Å². The highest BCUT2D eigenvalue weighted by molar-refractivity contribution is 7.08. The van der Waals surface area contributed by atoms with E-state index < -0.39 is 0 Å². The van der Waals surface area contributed by atoms with Gasteiger partial charge in [-0.25, -0.2) is 0 Å². The lowest BCUT2D eigenvalue weighted by atomic mass is 10.3. The topological polar surface area (TPSA) is 113 Å². The molecule has 0 fully saturated rings. The number of tetrazole rings is 1. The molecule has 0 aromatic carbocycles. The molecule has 0 atom stereocenters. The molecule has 0 bridgehead atoms. The summed E-state index contributed by atoms with van der Waals surface area (Å²) in [4.78, 5) is 23.0. The summed E-state index contributed by atoms with van der Waals surface area (Å²) in [6, 6.07) is 1.73. The minimum atomic E-state index is -0.185. The van der Waals surface area contributed by atoms with E-state index in [-0.39, 0.29) is 31.3 Å². The Bertz CT molecular complexity index is 524. The van der Waals surface area contributed by atoms with Crippen LogP contribution in [0, 0.1) is 0 Å². The Labute approximate surface area is 112 Å². The van der Waals surface area contributed by atoms with E-state index in [0.29, 0.717) is 11.4 Å². The Morgan fingerprint density at radius 1 is 1.37 bits per heavy atom. The Morgan fingerprint density at radius 2 is 2.26 bits per heavy atom. The van der Waals surface area contributed by atoms with Gasteiger partial charge in [-0.1, -0.05) is 5.21 Å². The summed E-state index contributed by atoms with van der Waals surface area (Å²) in [6.07, 6.45) is 0.202. The third-order valence-electron chi connectivity index (χ3n) is 2.25. The van der Waals surface area contributed by atoms with Crippen molar-refractivity contribution in [3.63, 3.8) is 0 Å². The van der Waals surface area contributed by atoms with Gasteiger partial charge in [0.25, 0.3) is 5.91 Å². The largest absolute Gasteiger partial charge is 0.351 e. The second-order valence-corrected chi connectivity index (χ2v) is 4.40. The molecular weight excluding hydrogens is 268 g/mol. The molecule has 0 spiro atoms. The molecular formula is C10H12N6O2S. The number of nitrogens with one attached hydrogen (secondary N) is 3. The van der Waals surface area contributed by atoms with Crippen molar-refractivity contribution in [2.45, 2.75) is 13.0 Å². The van der Waals surface area contributed by atoms with Crippen LogP contribution in [-0.4, -0.2) is 39.0 Å². The van der Waals surface area contributed by atoms with Crippen molar-refractivity contribution in [3.05, 3.63) is 28.2 Å². The zero-order valence-corrected chi connectivity index (χ0v) is 10.7. The number of amides is 2. The summed E-state index contributed by atoms with van der Waals surface area (Å²) in [5, 5.41) is 21.9. The van der Waals surface area contributed by atoms with Crippen LogP contribution in [0.2, 0.25) is 0 Å². The van der Waals surface area contributed by atoms with Crippen molar-refractivity contribution < 1.29 is 9.59 Å². The summed E-state index contributed by atoms with van der Waals surface area (Å²) < 4.78 is 0. The second-order valence-electron chi connectivity index (χ2n) is 3.62. The summed E-state index contributed by atoms with van der Waals surface area (Å²) in [5.74, 6) is 0.0540. The lowest BCUT2D eigenvalue weighted by Gasteiger charge is -2.04. The van der Waals surface area contributed by atoms with Gasteiger partial charge in [0.05, 0.1) is 6.54 Å². The molecule has 0 aliphatic rings. The van der Waals surface area contributed by atoms with Crippen LogP contribution in [0.1, 0.15) is 22.6 Å². The average molecular weight is 280 g/mol. The van der Waals surface area contributed by atoms with E-state index in [2.05, 4.69) is 31.3 Å². The molecule has 100 valence electrons. The normalized spacial score (nSPS) is 10.1. The van der Waals surface area contributed by atoms with Crippen molar-refractivity contribution in [1.29, 1.82) is 0 Å². The van der Waals surface area contributed by atoms with Crippen LogP contribution in [0.4, 0.5) is 0 Å². The van der Waals surface area contributed by atoms with E-state index in [0.717, 1.165) is 0 Å². The predicted molar refractivity (Wildman–Crippen MR) is 67.3 cm³/mol. The highest BCUT2D eigenvalue weighted by Crippen LogP contribution is 2.04. The first-order chi connectivity index (χ1) is 9.25. The second kappa shape index (κ2) is 6.59. The van der Waals surface area contributed by atoms with E-state index in [9.17, 15) is 9.59 Å². The van der Waals surface area contributed by atoms with Crippen LogP contribution in [0.5, 0.6) is 0 Å². The number of rotatable bonds is 6. The highest BCUT2D eigenvalue weighted by Gasteiger charge is 2.07. The van der Waals surface area contributed by atoms with Crippen molar-refractivity contribution in [2.24, 2.45) is 0 Å². The Kier molecular flexibility index (Phi) is 4.56. The van der Waals surface area contributed by atoms with E-state index in [4.69, 9.17) is 0 Å². The van der Waals surface area contributed by atoms with Gasteiger partial charge in [-0.3, -0.25) is 9.59 Å². The Balaban J connectivity index is 1.63. The smallest absolute Gasteiger partial charge is 0.252 e. The number of carbonyl (C=O) groups excluding carboxylic acids is 2. The molecule has 0 saturated heterocycles. The number of hydrogen-bond donors (Lipinski definition) is 3. The summed E-state index contributed by atoms with van der Waals surface area (Å²) in [5.41, 5.74) is 0.609. The van der Waals surface area contributed by atoms with Gasteiger partial charge >= 0.3 is 0 Å². The number of H-pyrrole nitrogens is 1. The van der Waals surface area contributed by atoms with Crippen LogP contribution in [0.15, 0.2) is 16.8 Å².